The van der Waals surface area contributed by atoms with Gasteiger partial charge in [-0.25, -0.2) is 4.85 Å². The lowest BCUT2D eigenvalue weighted by Gasteiger charge is -2.14. The van der Waals surface area contributed by atoms with Gasteiger partial charge in [0.15, 0.2) is 5.69 Å². The number of aryl methyl sites for hydroxylation is 2. The molecule has 2 aromatic rings. The van der Waals surface area contributed by atoms with Crippen LogP contribution in [0.3, 0.4) is 0 Å². The van der Waals surface area contributed by atoms with Gasteiger partial charge in [-0.05, 0) is 66.7 Å². The van der Waals surface area contributed by atoms with E-state index in [0.717, 1.165) is 22.2 Å². The van der Waals surface area contributed by atoms with E-state index in [1.165, 1.54) is 0 Å². The molecule has 0 aliphatic carbocycles. The van der Waals surface area contributed by atoms with E-state index in [2.05, 4.69) is 4.85 Å². The predicted octanol–water partition coefficient (Wildman–Crippen LogP) is 4.31. The van der Waals surface area contributed by atoms with Gasteiger partial charge in [0.05, 0.1) is 15.9 Å². The van der Waals surface area contributed by atoms with Gasteiger partial charge in [-0.1, -0.05) is 12.9 Å². The van der Waals surface area contributed by atoms with Crippen LogP contribution in [-0.4, -0.2) is 6.92 Å². The highest BCUT2D eigenvalue weighted by molar-refractivity contribution is 6.67. The van der Waals surface area contributed by atoms with Crippen LogP contribution in [0.2, 0.25) is 6.82 Å². The highest BCUT2D eigenvalue weighted by atomic mass is 16.5. The molecule has 22 heavy (non-hydrogen) atoms. The summed E-state index contributed by atoms with van der Waals surface area (Å²) in [6.45, 7) is 12.6. The van der Waals surface area contributed by atoms with Gasteiger partial charge in [-0.2, -0.15) is 0 Å². The van der Waals surface area contributed by atoms with E-state index in [0.29, 0.717) is 22.7 Å². The average molecular weight is 293 g/mol. The third-order valence-electron chi connectivity index (χ3n) is 4.03. The lowest BCUT2D eigenvalue weighted by molar-refractivity contribution is 0.332. The van der Waals surface area contributed by atoms with Crippen LogP contribution in [0, 0.1) is 27.3 Å². The van der Waals surface area contributed by atoms with Gasteiger partial charge in [-0.3, -0.25) is 0 Å². The molecule has 0 saturated heterocycles. The summed E-state index contributed by atoms with van der Waals surface area (Å²) in [6, 6.07) is 7.38. The standard InChI is InChI=1S/C18H18BNO2/c1-11-8-14(9-12(2)18(11)20-5)22-17-7-6-16-15(13(17)3)10-21-19(16)4/h6-9H,10H2,1-4H3/i10D2. The first-order chi connectivity index (χ1) is 11.2. The van der Waals surface area contributed by atoms with Gasteiger partial charge in [0.25, 0.3) is 0 Å². The van der Waals surface area contributed by atoms with Crippen molar-refractivity contribution in [3.8, 4) is 11.5 Å². The molecule has 0 atom stereocenters. The van der Waals surface area contributed by atoms with Crippen molar-refractivity contribution in [1.29, 1.82) is 0 Å². The summed E-state index contributed by atoms with van der Waals surface area (Å²) in [4.78, 5) is 3.54. The summed E-state index contributed by atoms with van der Waals surface area (Å²) in [5.41, 5.74) is 4.54. The van der Waals surface area contributed by atoms with Crippen LogP contribution in [0.4, 0.5) is 5.69 Å². The normalized spacial score (nSPS) is 16.6. The van der Waals surface area contributed by atoms with Gasteiger partial charge in [0.2, 0.25) is 0 Å². The predicted molar refractivity (Wildman–Crippen MR) is 89.5 cm³/mol. The SMILES string of the molecule is [2H]C1([2H])OB(C)c2ccc(Oc3cc(C)c([N+]#[C-])c(C)c3)c(C)c21. The Balaban J connectivity index is 2.03. The molecule has 2 aromatic carbocycles. The fourth-order valence-corrected chi connectivity index (χ4v) is 2.79. The molecule has 1 aliphatic rings. The third-order valence-corrected chi connectivity index (χ3v) is 4.03. The first-order valence-electron chi connectivity index (χ1n) is 8.23. The van der Waals surface area contributed by atoms with Crippen molar-refractivity contribution in [3.63, 3.8) is 0 Å². The Morgan fingerprint density at radius 1 is 1.27 bits per heavy atom. The number of hydrogen-bond acceptors (Lipinski definition) is 2. The van der Waals surface area contributed by atoms with Crippen molar-refractivity contribution in [2.45, 2.75) is 34.2 Å². The average Bonchev–Trinajstić information content (AvgIpc) is 2.71. The van der Waals surface area contributed by atoms with E-state index in [1.807, 2.05) is 51.9 Å². The fraction of sp³-hybridized carbons (Fsp3) is 0.278. The zero-order valence-electron chi connectivity index (χ0n) is 15.2. The molecule has 0 N–H and O–H groups in total. The second kappa shape index (κ2) is 5.51. The summed E-state index contributed by atoms with van der Waals surface area (Å²) in [5.74, 6) is 1.25. The Bertz CT molecular complexity index is 851. The molecule has 1 heterocycles. The number of ether oxygens (including phenoxy) is 1. The van der Waals surface area contributed by atoms with Gasteiger partial charge < -0.3 is 9.39 Å². The second-order valence-electron chi connectivity index (χ2n) is 5.63. The number of fused-ring (bicyclic) bond motifs is 1. The molecule has 3 rings (SSSR count). The second-order valence-corrected chi connectivity index (χ2v) is 5.63. The maximum Gasteiger partial charge on any atom is 0.324 e. The zero-order chi connectivity index (χ0) is 17.6. The van der Waals surface area contributed by atoms with Crippen LogP contribution < -0.4 is 10.2 Å². The van der Waals surface area contributed by atoms with Crippen LogP contribution >= 0.6 is 0 Å². The Kier molecular flexibility index (Phi) is 3.08. The Morgan fingerprint density at radius 2 is 1.95 bits per heavy atom. The number of rotatable bonds is 2. The maximum atomic E-state index is 8.09. The Labute approximate surface area is 134 Å². The molecular weight excluding hydrogens is 273 g/mol. The van der Waals surface area contributed by atoms with E-state index in [9.17, 15) is 0 Å². The minimum Gasteiger partial charge on any atom is -0.457 e. The summed E-state index contributed by atoms with van der Waals surface area (Å²) < 4.78 is 27.6. The van der Waals surface area contributed by atoms with Crippen molar-refractivity contribution >= 4 is 18.1 Å². The molecular formula is C18H18BNO2. The Morgan fingerprint density at radius 3 is 2.59 bits per heavy atom. The molecule has 0 bridgehead atoms. The molecule has 0 unspecified atom stereocenters. The lowest BCUT2D eigenvalue weighted by atomic mass is 9.64. The van der Waals surface area contributed by atoms with Crippen LogP contribution in [0.1, 0.15) is 25.0 Å². The van der Waals surface area contributed by atoms with Crippen molar-refractivity contribution in [2.75, 3.05) is 0 Å². The van der Waals surface area contributed by atoms with Crippen molar-refractivity contribution in [1.82, 2.24) is 0 Å². The number of hydrogen-bond donors (Lipinski definition) is 0. The molecule has 1 aliphatic heterocycles. The maximum absolute atomic E-state index is 8.09. The minimum absolute atomic E-state index is 0.273. The van der Waals surface area contributed by atoms with Crippen molar-refractivity contribution < 1.29 is 12.1 Å². The minimum atomic E-state index is -1.81. The first kappa shape index (κ1) is 12.3. The van der Waals surface area contributed by atoms with Crippen LogP contribution in [0.25, 0.3) is 4.85 Å². The van der Waals surface area contributed by atoms with Crippen molar-refractivity contribution in [2.24, 2.45) is 0 Å². The number of benzene rings is 2. The quantitative estimate of drug-likeness (QED) is 0.608. The van der Waals surface area contributed by atoms with E-state index < -0.39 is 6.56 Å². The lowest BCUT2D eigenvalue weighted by Crippen LogP contribution is -2.24. The van der Waals surface area contributed by atoms with E-state index >= 15 is 0 Å². The highest BCUT2D eigenvalue weighted by Crippen LogP contribution is 2.33. The monoisotopic (exact) mass is 293 g/mol. The molecule has 110 valence electrons. The van der Waals surface area contributed by atoms with Gasteiger partial charge in [-0.15, -0.1) is 0 Å². The van der Waals surface area contributed by atoms with Gasteiger partial charge >= 0.3 is 6.92 Å². The van der Waals surface area contributed by atoms with Crippen LogP contribution in [0.15, 0.2) is 24.3 Å². The van der Waals surface area contributed by atoms with Gasteiger partial charge in [0.1, 0.15) is 11.5 Å². The summed E-state index contributed by atoms with van der Waals surface area (Å²) in [5, 5.41) is 0. The molecule has 0 amide bonds. The summed E-state index contributed by atoms with van der Waals surface area (Å²) in [6.07, 6.45) is 0. The van der Waals surface area contributed by atoms with E-state index in [1.54, 1.807) is 0 Å². The first-order valence-corrected chi connectivity index (χ1v) is 7.23. The van der Waals surface area contributed by atoms with E-state index in [4.69, 9.17) is 18.7 Å². The van der Waals surface area contributed by atoms with Crippen LogP contribution in [0.5, 0.6) is 11.5 Å². The summed E-state index contributed by atoms with van der Waals surface area (Å²) in [7, 11) is 0. The smallest absolute Gasteiger partial charge is 0.324 e. The zero-order valence-corrected chi connectivity index (χ0v) is 13.2. The van der Waals surface area contributed by atoms with Gasteiger partial charge in [0, 0.05) is 0 Å². The molecule has 0 spiro atoms. The molecule has 0 radical (unpaired) electrons. The molecule has 0 fully saturated rings. The highest BCUT2D eigenvalue weighted by Gasteiger charge is 2.26. The molecule has 3 nitrogen and oxygen atoms in total. The largest absolute Gasteiger partial charge is 0.457 e. The molecule has 0 saturated carbocycles. The van der Waals surface area contributed by atoms with Crippen molar-refractivity contribution in [3.05, 3.63) is 57.9 Å². The Hall–Kier alpha value is -2.25. The van der Waals surface area contributed by atoms with Crippen LogP contribution in [-0.2, 0) is 11.2 Å². The molecule has 0 aromatic heterocycles. The fourth-order valence-electron chi connectivity index (χ4n) is 2.79. The molecule has 4 heteroatoms. The number of nitrogens with zero attached hydrogens (tertiary/aromatic N) is 1. The van der Waals surface area contributed by atoms with E-state index in [-0.39, 0.29) is 6.92 Å². The third kappa shape index (κ3) is 2.38. The topological polar surface area (TPSA) is 22.8 Å². The summed E-state index contributed by atoms with van der Waals surface area (Å²) >= 11 is 0.